The molecule has 0 saturated carbocycles. The Morgan fingerprint density at radius 1 is 1.00 bits per heavy atom. The Morgan fingerprint density at radius 3 is 2.06 bits per heavy atom. The van der Waals surface area contributed by atoms with Crippen molar-refractivity contribution in [1.82, 2.24) is 15.5 Å². The summed E-state index contributed by atoms with van der Waals surface area (Å²) in [5.41, 5.74) is 1.36. The van der Waals surface area contributed by atoms with Gasteiger partial charge < -0.3 is 20.3 Å². The van der Waals surface area contributed by atoms with Crippen LogP contribution in [-0.4, -0.2) is 52.3 Å². The van der Waals surface area contributed by atoms with Gasteiger partial charge in [-0.05, 0) is 66.9 Å². The standard InChI is InChI=1S/C28H47N3O4S/c1-10-12-13-14-29-24(32)23(21-16-19(3)15-20(4)17-21)31(28(8,9)11-2)25(33)22(18-36)30-26(34)35-27(5,6)7/h15-17,22-23,36H,10-14,18H2,1-9H3,(H,29,32)(H,30,34). The maximum Gasteiger partial charge on any atom is 0.408 e. The molecule has 0 fully saturated rings. The number of nitrogens with zero attached hydrogens (tertiary/aromatic N) is 1. The fourth-order valence-corrected chi connectivity index (χ4v) is 4.26. The van der Waals surface area contributed by atoms with Crippen LogP contribution in [0, 0.1) is 13.8 Å². The fourth-order valence-electron chi connectivity index (χ4n) is 4.02. The van der Waals surface area contributed by atoms with Gasteiger partial charge in [0.25, 0.3) is 0 Å². The molecule has 0 spiro atoms. The minimum absolute atomic E-state index is 0.0616. The number of alkyl carbamates (subject to hydrolysis) is 1. The van der Waals surface area contributed by atoms with Gasteiger partial charge in [-0.25, -0.2) is 4.79 Å². The molecule has 7 nitrogen and oxygen atoms in total. The van der Waals surface area contributed by atoms with Gasteiger partial charge in [0.05, 0.1) is 0 Å². The van der Waals surface area contributed by atoms with E-state index in [1.54, 1.807) is 25.7 Å². The normalized spacial score (nSPS) is 13.5. The van der Waals surface area contributed by atoms with E-state index >= 15 is 0 Å². The molecule has 1 aromatic rings. The fraction of sp³-hybridized carbons (Fsp3) is 0.679. The molecule has 0 radical (unpaired) electrons. The summed E-state index contributed by atoms with van der Waals surface area (Å²) in [6.45, 7) is 17.7. The van der Waals surface area contributed by atoms with Gasteiger partial charge in [0.15, 0.2) is 0 Å². The average molecular weight is 522 g/mol. The van der Waals surface area contributed by atoms with E-state index in [4.69, 9.17) is 4.74 Å². The Kier molecular flexibility index (Phi) is 12.3. The summed E-state index contributed by atoms with van der Waals surface area (Å²) >= 11 is 4.36. The summed E-state index contributed by atoms with van der Waals surface area (Å²) < 4.78 is 5.38. The molecule has 0 aliphatic rings. The Hall–Kier alpha value is -2.22. The number of nitrogens with one attached hydrogen (secondary N) is 2. The van der Waals surface area contributed by atoms with E-state index in [2.05, 4.69) is 30.2 Å². The molecule has 8 heteroatoms. The molecule has 3 amide bonds. The molecule has 36 heavy (non-hydrogen) atoms. The van der Waals surface area contributed by atoms with Crippen molar-refractivity contribution in [2.24, 2.45) is 0 Å². The summed E-state index contributed by atoms with van der Waals surface area (Å²) in [4.78, 5) is 41.9. The van der Waals surface area contributed by atoms with Gasteiger partial charge in [0, 0.05) is 17.8 Å². The zero-order chi connectivity index (χ0) is 27.7. The van der Waals surface area contributed by atoms with Gasteiger partial charge in [0.2, 0.25) is 11.8 Å². The second-order valence-corrected chi connectivity index (χ2v) is 11.4. The topological polar surface area (TPSA) is 87.7 Å². The Bertz CT molecular complexity index is 875. The van der Waals surface area contributed by atoms with Crippen LogP contribution in [0.4, 0.5) is 4.79 Å². The third-order valence-corrected chi connectivity index (χ3v) is 6.44. The first-order valence-corrected chi connectivity index (χ1v) is 13.6. The molecule has 2 N–H and O–H groups in total. The minimum atomic E-state index is -0.963. The lowest BCUT2D eigenvalue weighted by molar-refractivity contribution is -0.148. The van der Waals surface area contributed by atoms with E-state index in [9.17, 15) is 14.4 Å². The van der Waals surface area contributed by atoms with Crippen molar-refractivity contribution in [2.75, 3.05) is 12.3 Å². The Balaban J connectivity index is 3.53. The molecule has 2 unspecified atom stereocenters. The van der Waals surface area contributed by atoms with E-state index in [-0.39, 0.29) is 17.6 Å². The monoisotopic (exact) mass is 521 g/mol. The van der Waals surface area contributed by atoms with Crippen molar-refractivity contribution in [3.05, 3.63) is 34.9 Å². The molecule has 0 aliphatic carbocycles. The van der Waals surface area contributed by atoms with E-state index in [0.717, 1.165) is 36.0 Å². The number of thiol groups is 1. The molecule has 0 bridgehead atoms. The van der Waals surface area contributed by atoms with Crippen LogP contribution in [0.1, 0.15) is 96.9 Å². The second kappa shape index (κ2) is 13.9. The number of aryl methyl sites for hydroxylation is 2. The first kappa shape index (κ1) is 31.8. The summed E-state index contributed by atoms with van der Waals surface area (Å²) in [5.74, 6) is -0.553. The van der Waals surface area contributed by atoms with E-state index < -0.39 is 29.3 Å². The highest BCUT2D eigenvalue weighted by Crippen LogP contribution is 2.33. The quantitative estimate of drug-likeness (QED) is 0.251. The largest absolute Gasteiger partial charge is 0.444 e. The molecule has 0 saturated heterocycles. The van der Waals surface area contributed by atoms with Crippen LogP contribution >= 0.6 is 12.6 Å². The second-order valence-electron chi connectivity index (χ2n) is 11.1. The van der Waals surface area contributed by atoms with Gasteiger partial charge in [-0.3, -0.25) is 9.59 Å². The highest BCUT2D eigenvalue weighted by molar-refractivity contribution is 7.80. The van der Waals surface area contributed by atoms with E-state index in [1.165, 1.54) is 0 Å². The third-order valence-electron chi connectivity index (χ3n) is 6.07. The molecule has 1 aromatic carbocycles. The van der Waals surface area contributed by atoms with Crippen LogP contribution in [0.15, 0.2) is 18.2 Å². The molecule has 0 heterocycles. The number of benzene rings is 1. The highest BCUT2D eigenvalue weighted by atomic mass is 32.1. The van der Waals surface area contributed by atoms with E-state index in [0.29, 0.717) is 13.0 Å². The van der Waals surface area contributed by atoms with Crippen molar-refractivity contribution in [2.45, 2.75) is 111 Å². The number of hydrogen-bond acceptors (Lipinski definition) is 5. The molecule has 0 aliphatic heterocycles. The van der Waals surface area contributed by atoms with Gasteiger partial charge >= 0.3 is 6.09 Å². The molecule has 1 rings (SSSR count). The SMILES string of the molecule is CCCCCNC(=O)C(c1cc(C)cc(C)c1)N(C(=O)C(CS)NC(=O)OC(C)(C)C)C(C)(C)CC. The summed E-state index contributed by atoms with van der Waals surface area (Å²) in [7, 11) is 0. The lowest BCUT2D eigenvalue weighted by Crippen LogP contribution is -2.60. The number of carbonyl (C=O) groups excluding carboxylic acids is 3. The zero-order valence-electron chi connectivity index (χ0n) is 23.7. The maximum atomic E-state index is 14.1. The summed E-state index contributed by atoms with van der Waals surface area (Å²) in [5, 5.41) is 5.72. The first-order chi connectivity index (χ1) is 16.7. The van der Waals surface area contributed by atoms with Crippen molar-refractivity contribution in [3.63, 3.8) is 0 Å². The lowest BCUT2D eigenvalue weighted by Gasteiger charge is -2.44. The average Bonchev–Trinajstić information content (AvgIpc) is 2.76. The Morgan fingerprint density at radius 2 is 1.58 bits per heavy atom. The van der Waals surface area contributed by atoms with Gasteiger partial charge in [-0.1, -0.05) is 56.0 Å². The Labute approximate surface area is 223 Å². The maximum absolute atomic E-state index is 14.1. The smallest absolute Gasteiger partial charge is 0.408 e. The van der Waals surface area contributed by atoms with Crippen LogP contribution in [0.3, 0.4) is 0 Å². The van der Waals surface area contributed by atoms with E-state index in [1.807, 2.05) is 52.8 Å². The van der Waals surface area contributed by atoms with Gasteiger partial charge in [-0.2, -0.15) is 12.6 Å². The number of rotatable bonds is 12. The molecular weight excluding hydrogens is 474 g/mol. The highest BCUT2D eigenvalue weighted by Gasteiger charge is 2.42. The van der Waals surface area contributed by atoms with Crippen LogP contribution in [0.25, 0.3) is 0 Å². The van der Waals surface area contributed by atoms with Crippen molar-refractivity contribution in [1.29, 1.82) is 0 Å². The minimum Gasteiger partial charge on any atom is -0.444 e. The number of amides is 3. The predicted molar refractivity (Wildman–Crippen MR) is 149 cm³/mol. The number of hydrogen-bond donors (Lipinski definition) is 3. The van der Waals surface area contributed by atoms with Gasteiger partial charge in [-0.15, -0.1) is 0 Å². The molecular formula is C28H47N3O4S. The van der Waals surface area contributed by atoms with Crippen molar-refractivity contribution >= 4 is 30.5 Å². The predicted octanol–water partition coefficient (Wildman–Crippen LogP) is 5.49. The van der Waals surface area contributed by atoms with Crippen LogP contribution < -0.4 is 10.6 Å². The van der Waals surface area contributed by atoms with Crippen LogP contribution in [0.2, 0.25) is 0 Å². The number of carbonyl (C=O) groups is 3. The van der Waals surface area contributed by atoms with Crippen molar-refractivity contribution in [3.8, 4) is 0 Å². The zero-order valence-corrected chi connectivity index (χ0v) is 24.6. The van der Waals surface area contributed by atoms with Crippen LogP contribution in [0.5, 0.6) is 0 Å². The molecule has 0 aromatic heterocycles. The van der Waals surface area contributed by atoms with Crippen molar-refractivity contribution < 1.29 is 19.1 Å². The molecule has 2 atom stereocenters. The lowest BCUT2D eigenvalue weighted by atomic mass is 9.91. The first-order valence-electron chi connectivity index (χ1n) is 13.0. The third kappa shape index (κ3) is 9.68. The summed E-state index contributed by atoms with van der Waals surface area (Å²) in [6, 6.07) is 4.11. The number of ether oxygens (including phenoxy) is 1. The summed E-state index contributed by atoms with van der Waals surface area (Å²) in [6.07, 6.45) is 2.83. The van der Waals surface area contributed by atoms with Gasteiger partial charge in [0.1, 0.15) is 17.7 Å². The van der Waals surface area contributed by atoms with Crippen LogP contribution in [-0.2, 0) is 14.3 Å². The number of unbranched alkanes of at least 4 members (excludes halogenated alkanes) is 2. The molecule has 204 valence electrons.